The average molecular weight is 487 g/mol. The first-order valence-electron chi connectivity index (χ1n) is 10.9. The van der Waals surface area contributed by atoms with E-state index in [1.807, 2.05) is 50.2 Å². The van der Waals surface area contributed by atoms with Crippen LogP contribution in [-0.4, -0.2) is 60.4 Å². The smallest absolute Gasteiger partial charge is 0.339 e. The van der Waals surface area contributed by atoms with Crippen LogP contribution < -0.4 is 0 Å². The maximum Gasteiger partial charge on any atom is 0.339 e. The van der Waals surface area contributed by atoms with Gasteiger partial charge in [-0.1, -0.05) is 37.3 Å². The topological polar surface area (TPSA) is 93.6 Å². The minimum absolute atomic E-state index is 0.0442. The van der Waals surface area contributed by atoms with Crippen molar-refractivity contribution >= 4 is 43.3 Å². The Morgan fingerprint density at radius 2 is 1.91 bits per heavy atom. The molecule has 1 aliphatic rings. The molecule has 0 N–H and O–H groups in total. The van der Waals surface area contributed by atoms with Crippen molar-refractivity contribution in [1.82, 2.24) is 9.88 Å². The van der Waals surface area contributed by atoms with E-state index in [9.17, 15) is 18.0 Å². The van der Waals surface area contributed by atoms with Crippen molar-refractivity contribution in [2.24, 2.45) is 0 Å². The van der Waals surface area contributed by atoms with Crippen LogP contribution in [0.25, 0.3) is 20.8 Å². The van der Waals surface area contributed by atoms with Crippen molar-refractivity contribution < 1.29 is 22.7 Å². The third-order valence-electron chi connectivity index (χ3n) is 5.95. The molecule has 33 heavy (non-hydrogen) atoms. The number of thiazole rings is 1. The number of esters is 1. The lowest BCUT2D eigenvalue weighted by Crippen LogP contribution is -2.48. The van der Waals surface area contributed by atoms with E-state index in [4.69, 9.17) is 4.74 Å². The molecule has 2 aromatic carbocycles. The molecular formula is C24H26N2O5S2. The summed E-state index contributed by atoms with van der Waals surface area (Å²) in [4.78, 5) is 32.1. The Kier molecular flexibility index (Phi) is 6.81. The zero-order valence-electron chi connectivity index (χ0n) is 18.6. The second-order valence-electron chi connectivity index (χ2n) is 8.22. The van der Waals surface area contributed by atoms with Gasteiger partial charge in [0.1, 0.15) is 5.01 Å². The van der Waals surface area contributed by atoms with Crippen LogP contribution in [0.5, 0.6) is 0 Å². The van der Waals surface area contributed by atoms with Crippen LogP contribution in [0, 0.1) is 0 Å². The lowest BCUT2D eigenvalue weighted by molar-refractivity contribution is -0.138. The van der Waals surface area contributed by atoms with Gasteiger partial charge in [0.05, 0.1) is 27.3 Å². The molecule has 1 aromatic heterocycles. The lowest BCUT2D eigenvalue weighted by atomic mass is 10.1. The number of fused-ring (bicyclic) bond motifs is 1. The Morgan fingerprint density at radius 1 is 1.18 bits per heavy atom. The molecule has 9 heteroatoms. The highest BCUT2D eigenvalue weighted by molar-refractivity contribution is 7.91. The van der Waals surface area contributed by atoms with Gasteiger partial charge < -0.3 is 9.64 Å². The number of nitrogens with zero attached hydrogens (tertiary/aromatic N) is 2. The van der Waals surface area contributed by atoms with Gasteiger partial charge in [0.15, 0.2) is 16.4 Å². The van der Waals surface area contributed by atoms with E-state index in [-0.39, 0.29) is 29.5 Å². The Hall–Kier alpha value is -2.78. The Labute approximate surface area is 197 Å². The van der Waals surface area contributed by atoms with Crippen molar-refractivity contribution in [1.29, 1.82) is 0 Å². The second-order valence-corrected chi connectivity index (χ2v) is 11.5. The van der Waals surface area contributed by atoms with Crippen LogP contribution >= 0.6 is 11.3 Å². The molecule has 1 saturated heterocycles. The molecule has 1 amide bonds. The highest BCUT2D eigenvalue weighted by Crippen LogP contribution is 2.32. The van der Waals surface area contributed by atoms with Gasteiger partial charge in [-0.3, -0.25) is 4.79 Å². The van der Waals surface area contributed by atoms with Crippen molar-refractivity contribution in [3.05, 3.63) is 54.1 Å². The van der Waals surface area contributed by atoms with Crippen LogP contribution in [0.3, 0.4) is 0 Å². The van der Waals surface area contributed by atoms with Crippen molar-refractivity contribution in [3.8, 4) is 10.6 Å². The summed E-state index contributed by atoms with van der Waals surface area (Å²) in [6.45, 7) is 3.38. The van der Waals surface area contributed by atoms with E-state index in [1.165, 1.54) is 11.3 Å². The number of aromatic nitrogens is 1. The fourth-order valence-corrected chi connectivity index (χ4v) is 6.83. The summed E-state index contributed by atoms with van der Waals surface area (Å²) in [5.41, 5.74) is 1.84. The number of hydrogen-bond acceptors (Lipinski definition) is 7. The largest absolute Gasteiger partial charge is 0.452 e. The van der Waals surface area contributed by atoms with Gasteiger partial charge in [-0.05, 0) is 38.0 Å². The fourth-order valence-electron chi connectivity index (χ4n) is 4.12. The van der Waals surface area contributed by atoms with Gasteiger partial charge in [0, 0.05) is 17.6 Å². The molecule has 0 spiro atoms. The number of sulfone groups is 1. The van der Waals surface area contributed by atoms with Crippen LogP contribution in [0.15, 0.2) is 48.5 Å². The van der Waals surface area contributed by atoms with E-state index in [0.29, 0.717) is 29.0 Å². The molecular weight excluding hydrogens is 460 g/mol. The maximum atomic E-state index is 13.0. The Bertz CT molecular complexity index is 1250. The van der Waals surface area contributed by atoms with Crippen LogP contribution in [-0.2, 0) is 19.4 Å². The summed E-state index contributed by atoms with van der Waals surface area (Å²) in [5.74, 6) is -0.955. The van der Waals surface area contributed by atoms with Gasteiger partial charge in [0.2, 0.25) is 0 Å². The first kappa shape index (κ1) is 23.4. The Balaban J connectivity index is 1.51. The number of benzene rings is 2. The fraction of sp³-hybridized carbons (Fsp3) is 0.375. The first-order valence-corrected chi connectivity index (χ1v) is 13.6. The van der Waals surface area contributed by atoms with Gasteiger partial charge in [0.25, 0.3) is 5.91 Å². The molecule has 1 fully saturated rings. The summed E-state index contributed by atoms with van der Waals surface area (Å²) >= 11 is 1.48. The van der Waals surface area contributed by atoms with Crippen molar-refractivity contribution in [3.63, 3.8) is 0 Å². The van der Waals surface area contributed by atoms with Crippen LogP contribution in [0.2, 0.25) is 0 Å². The molecule has 7 nitrogen and oxygen atoms in total. The second kappa shape index (κ2) is 9.61. The minimum atomic E-state index is -3.14. The molecule has 4 rings (SSSR count). The standard InChI is InChI=1S/C24H26N2O5S2/c1-3-16(2)26(17-12-13-33(29,30)15-17)22(27)14-31-24(28)19-9-5-4-8-18(19)23-25-20-10-6-7-11-21(20)32-23/h4-11,16-17H,3,12-15H2,1-2H3. The van der Waals surface area contributed by atoms with Gasteiger partial charge in [-0.2, -0.15) is 0 Å². The minimum Gasteiger partial charge on any atom is -0.452 e. The van der Waals surface area contributed by atoms with E-state index in [2.05, 4.69) is 4.98 Å². The third kappa shape index (κ3) is 5.09. The number of carbonyl (C=O) groups excluding carboxylic acids is 2. The van der Waals surface area contributed by atoms with E-state index in [1.54, 1.807) is 17.0 Å². The molecule has 0 aliphatic carbocycles. The van der Waals surface area contributed by atoms with Crippen molar-refractivity contribution in [2.45, 2.75) is 38.8 Å². The third-order valence-corrected chi connectivity index (χ3v) is 8.77. The highest BCUT2D eigenvalue weighted by atomic mass is 32.2. The molecule has 2 heterocycles. The summed E-state index contributed by atoms with van der Waals surface area (Å²) in [6, 6.07) is 14.2. The molecule has 174 valence electrons. The van der Waals surface area contributed by atoms with E-state index in [0.717, 1.165) is 10.2 Å². The van der Waals surface area contributed by atoms with Crippen LogP contribution in [0.1, 0.15) is 37.0 Å². The Morgan fingerprint density at radius 3 is 2.61 bits per heavy atom. The van der Waals surface area contributed by atoms with Gasteiger partial charge in [-0.25, -0.2) is 18.2 Å². The number of carbonyl (C=O) groups is 2. The monoisotopic (exact) mass is 486 g/mol. The molecule has 0 bridgehead atoms. The molecule has 2 atom stereocenters. The number of ether oxygens (including phenoxy) is 1. The zero-order valence-corrected chi connectivity index (χ0v) is 20.2. The van der Waals surface area contributed by atoms with Gasteiger partial charge in [-0.15, -0.1) is 11.3 Å². The summed E-state index contributed by atoms with van der Waals surface area (Å²) in [5, 5.41) is 0.701. The number of rotatable bonds is 7. The lowest BCUT2D eigenvalue weighted by Gasteiger charge is -2.33. The average Bonchev–Trinajstić information content (AvgIpc) is 3.40. The zero-order chi connectivity index (χ0) is 23.6. The first-order chi connectivity index (χ1) is 15.8. The normalized spacial score (nSPS) is 18.2. The summed E-state index contributed by atoms with van der Waals surface area (Å²) in [6.07, 6.45) is 1.09. The van der Waals surface area contributed by atoms with Gasteiger partial charge >= 0.3 is 5.97 Å². The molecule has 2 unspecified atom stereocenters. The van der Waals surface area contributed by atoms with E-state index >= 15 is 0 Å². The summed E-state index contributed by atoms with van der Waals surface area (Å²) < 4.78 is 30.3. The molecule has 0 radical (unpaired) electrons. The highest BCUT2D eigenvalue weighted by Gasteiger charge is 2.36. The van der Waals surface area contributed by atoms with Crippen LogP contribution in [0.4, 0.5) is 0 Å². The quantitative estimate of drug-likeness (QED) is 0.470. The predicted octanol–water partition coefficient (Wildman–Crippen LogP) is 3.93. The van der Waals surface area contributed by atoms with Crippen molar-refractivity contribution in [2.75, 3.05) is 18.1 Å². The molecule has 0 saturated carbocycles. The maximum absolute atomic E-state index is 13.0. The molecule has 3 aromatic rings. The van der Waals surface area contributed by atoms with E-state index < -0.39 is 22.4 Å². The summed E-state index contributed by atoms with van der Waals surface area (Å²) in [7, 11) is -3.14. The number of amides is 1. The molecule has 1 aliphatic heterocycles. The number of para-hydroxylation sites is 1. The predicted molar refractivity (Wildman–Crippen MR) is 129 cm³/mol. The number of hydrogen-bond donors (Lipinski definition) is 0. The SMILES string of the molecule is CCC(C)N(C(=O)COC(=O)c1ccccc1-c1nc2ccccc2s1)C1CCS(=O)(=O)C1.